The Morgan fingerprint density at radius 2 is 2.19 bits per heavy atom. The molecule has 2 heterocycles. The van der Waals surface area contributed by atoms with Crippen LogP contribution in [0.1, 0.15) is 37.9 Å². The topological polar surface area (TPSA) is 93.3 Å². The lowest BCUT2D eigenvalue weighted by Crippen LogP contribution is -2.46. The molecule has 4 rings (SSSR count). The maximum absolute atomic E-state index is 10.5. The third-order valence-corrected chi connectivity index (χ3v) is 5.50. The van der Waals surface area contributed by atoms with Crippen molar-refractivity contribution in [3.63, 3.8) is 0 Å². The zero-order valence-corrected chi connectivity index (χ0v) is 15.1. The maximum atomic E-state index is 10.5. The van der Waals surface area contributed by atoms with Crippen molar-refractivity contribution in [1.29, 1.82) is 0 Å². The van der Waals surface area contributed by atoms with Gasteiger partial charge in [-0.2, -0.15) is 0 Å². The van der Waals surface area contributed by atoms with Crippen molar-refractivity contribution in [2.75, 3.05) is 13.2 Å². The molecule has 4 atom stereocenters. The third-order valence-electron chi connectivity index (χ3n) is 5.50. The van der Waals surface area contributed by atoms with Crippen LogP contribution in [0.25, 0.3) is 11.3 Å². The molecule has 26 heavy (non-hydrogen) atoms. The van der Waals surface area contributed by atoms with Gasteiger partial charge < -0.3 is 20.9 Å². The van der Waals surface area contributed by atoms with Crippen LogP contribution >= 0.6 is 0 Å². The van der Waals surface area contributed by atoms with Crippen LogP contribution in [-0.2, 0) is 0 Å². The number of hydrogen-bond donors (Lipinski definition) is 3. The highest BCUT2D eigenvalue weighted by atomic mass is 16.5. The lowest BCUT2D eigenvalue weighted by molar-refractivity contribution is 0.293. The predicted octanol–water partition coefficient (Wildman–Crippen LogP) is 2.64. The molecular formula is C20H26N4O2. The summed E-state index contributed by atoms with van der Waals surface area (Å²) >= 11 is 0. The van der Waals surface area contributed by atoms with Gasteiger partial charge in [-0.05, 0) is 55.8 Å². The van der Waals surface area contributed by atoms with Crippen LogP contribution in [0.3, 0.4) is 0 Å². The SMILES string of the molecule is CC1CC1COc1cccc(O)c1-c1ccnc(C2CCCNC2N)n1. The van der Waals surface area contributed by atoms with Gasteiger partial charge in [-0.15, -0.1) is 0 Å². The summed E-state index contributed by atoms with van der Waals surface area (Å²) in [6.07, 6.45) is 4.81. The molecule has 1 aromatic carbocycles. The number of nitrogens with zero attached hydrogens (tertiary/aromatic N) is 2. The number of piperidine rings is 1. The minimum atomic E-state index is -0.143. The van der Waals surface area contributed by atoms with Crippen molar-refractivity contribution >= 4 is 0 Å². The minimum Gasteiger partial charge on any atom is -0.507 e. The quantitative estimate of drug-likeness (QED) is 0.764. The molecule has 6 nitrogen and oxygen atoms in total. The maximum Gasteiger partial charge on any atom is 0.134 e. The number of phenolic OH excluding ortho intramolecular Hbond substituents is 1. The number of hydrogen-bond acceptors (Lipinski definition) is 6. The van der Waals surface area contributed by atoms with E-state index in [0.717, 1.165) is 25.3 Å². The van der Waals surface area contributed by atoms with E-state index in [1.807, 2.05) is 12.1 Å². The molecule has 0 amide bonds. The summed E-state index contributed by atoms with van der Waals surface area (Å²) in [5.41, 5.74) is 7.49. The fourth-order valence-electron chi connectivity index (χ4n) is 3.62. The molecule has 0 radical (unpaired) electrons. The minimum absolute atomic E-state index is 0.0752. The second kappa shape index (κ2) is 7.21. The molecule has 1 aliphatic heterocycles. The van der Waals surface area contributed by atoms with Crippen LogP contribution in [0.2, 0.25) is 0 Å². The summed E-state index contributed by atoms with van der Waals surface area (Å²) in [5, 5.41) is 13.7. The summed E-state index contributed by atoms with van der Waals surface area (Å²) in [5.74, 6) is 2.96. The van der Waals surface area contributed by atoms with Crippen LogP contribution in [0.15, 0.2) is 30.5 Å². The molecular weight excluding hydrogens is 328 g/mol. The highest BCUT2D eigenvalue weighted by Gasteiger charge is 2.33. The summed E-state index contributed by atoms with van der Waals surface area (Å²) in [7, 11) is 0. The Morgan fingerprint density at radius 1 is 1.35 bits per heavy atom. The molecule has 6 heteroatoms. The Hall–Kier alpha value is -2.18. The van der Waals surface area contributed by atoms with Crippen LogP contribution < -0.4 is 15.8 Å². The van der Waals surface area contributed by atoms with Gasteiger partial charge in [0.15, 0.2) is 0 Å². The van der Waals surface area contributed by atoms with Crippen molar-refractivity contribution in [3.05, 3.63) is 36.3 Å². The molecule has 1 aliphatic carbocycles. The molecule has 138 valence electrons. The molecule has 1 saturated carbocycles. The van der Waals surface area contributed by atoms with Gasteiger partial charge in [0.1, 0.15) is 17.3 Å². The Kier molecular flexibility index (Phi) is 4.78. The van der Waals surface area contributed by atoms with E-state index in [1.165, 1.54) is 6.42 Å². The molecule has 2 aliphatic rings. The van der Waals surface area contributed by atoms with E-state index in [2.05, 4.69) is 17.2 Å². The molecule has 0 spiro atoms. The molecule has 1 aromatic heterocycles. The van der Waals surface area contributed by atoms with E-state index in [0.29, 0.717) is 35.4 Å². The normalized spacial score (nSPS) is 27.9. The van der Waals surface area contributed by atoms with Crippen molar-refractivity contribution in [2.45, 2.75) is 38.3 Å². The smallest absolute Gasteiger partial charge is 0.134 e. The van der Waals surface area contributed by atoms with Crippen LogP contribution in [0.4, 0.5) is 0 Å². The van der Waals surface area contributed by atoms with Gasteiger partial charge in [0, 0.05) is 12.1 Å². The van der Waals surface area contributed by atoms with Gasteiger partial charge in [0.2, 0.25) is 0 Å². The fourth-order valence-corrected chi connectivity index (χ4v) is 3.62. The largest absolute Gasteiger partial charge is 0.507 e. The van der Waals surface area contributed by atoms with Crippen LogP contribution in [0.5, 0.6) is 11.5 Å². The van der Waals surface area contributed by atoms with Crippen molar-refractivity contribution in [1.82, 2.24) is 15.3 Å². The molecule has 1 saturated heterocycles. The van der Waals surface area contributed by atoms with Gasteiger partial charge in [-0.25, -0.2) is 9.97 Å². The van der Waals surface area contributed by atoms with Gasteiger partial charge in [0.25, 0.3) is 0 Å². The van der Waals surface area contributed by atoms with E-state index in [9.17, 15) is 5.11 Å². The molecule has 2 aromatic rings. The number of aromatic hydroxyl groups is 1. The first-order valence-electron chi connectivity index (χ1n) is 9.40. The molecule has 4 unspecified atom stereocenters. The van der Waals surface area contributed by atoms with Gasteiger partial charge in [0.05, 0.1) is 24.0 Å². The van der Waals surface area contributed by atoms with E-state index < -0.39 is 0 Å². The van der Waals surface area contributed by atoms with Gasteiger partial charge in [-0.1, -0.05) is 13.0 Å². The van der Waals surface area contributed by atoms with Crippen LogP contribution in [-0.4, -0.2) is 34.4 Å². The number of rotatable bonds is 5. The first-order valence-corrected chi connectivity index (χ1v) is 9.40. The molecule has 2 fully saturated rings. The van der Waals surface area contributed by atoms with Gasteiger partial charge in [-0.3, -0.25) is 0 Å². The van der Waals surface area contributed by atoms with E-state index in [1.54, 1.807) is 18.3 Å². The summed E-state index contributed by atoms with van der Waals surface area (Å²) in [4.78, 5) is 9.16. The number of ether oxygens (including phenoxy) is 1. The third kappa shape index (κ3) is 3.52. The fraction of sp³-hybridized carbons (Fsp3) is 0.500. The van der Waals surface area contributed by atoms with Gasteiger partial charge >= 0.3 is 0 Å². The molecule has 4 N–H and O–H groups in total. The number of nitrogens with two attached hydrogens (primary N) is 1. The van der Waals surface area contributed by atoms with E-state index in [4.69, 9.17) is 15.5 Å². The highest BCUT2D eigenvalue weighted by molar-refractivity contribution is 5.73. The van der Waals surface area contributed by atoms with Crippen molar-refractivity contribution in [3.8, 4) is 22.8 Å². The zero-order valence-electron chi connectivity index (χ0n) is 15.1. The summed E-state index contributed by atoms with van der Waals surface area (Å²) < 4.78 is 6.02. The molecule has 0 bridgehead atoms. The first-order chi connectivity index (χ1) is 12.6. The first kappa shape index (κ1) is 17.2. The average Bonchev–Trinajstić information content (AvgIpc) is 3.36. The second-order valence-electron chi connectivity index (χ2n) is 7.46. The number of nitrogens with one attached hydrogen (secondary N) is 1. The Balaban J connectivity index is 1.63. The Labute approximate surface area is 153 Å². The van der Waals surface area contributed by atoms with Crippen molar-refractivity contribution in [2.24, 2.45) is 17.6 Å². The van der Waals surface area contributed by atoms with Crippen LogP contribution in [0, 0.1) is 11.8 Å². The second-order valence-corrected chi connectivity index (χ2v) is 7.46. The Bertz CT molecular complexity index is 782. The van der Waals surface area contributed by atoms with E-state index in [-0.39, 0.29) is 17.8 Å². The number of benzene rings is 1. The highest BCUT2D eigenvalue weighted by Crippen LogP contribution is 2.41. The van der Waals surface area contributed by atoms with E-state index >= 15 is 0 Å². The standard InChI is InChI=1S/C20H26N4O2/c1-12-10-13(12)11-26-17-6-2-5-16(25)18(17)15-7-9-23-20(24-15)14-4-3-8-22-19(14)21/h2,5-7,9,12-14,19,22,25H,3-4,8,10-11,21H2,1H3. The summed E-state index contributed by atoms with van der Waals surface area (Å²) in [6, 6.07) is 7.16. The average molecular weight is 354 g/mol. The lowest BCUT2D eigenvalue weighted by atomic mass is 9.95. The zero-order chi connectivity index (χ0) is 18.1. The monoisotopic (exact) mass is 354 g/mol. The lowest BCUT2D eigenvalue weighted by Gasteiger charge is -2.28. The number of aromatic nitrogens is 2. The number of phenols is 1. The Morgan fingerprint density at radius 3 is 2.96 bits per heavy atom. The van der Waals surface area contributed by atoms with Crippen molar-refractivity contribution < 1.29 is 9.84 Å². The summed E-state index contributed by atoms with van der Waals surface area (Å²) in [6.45, 7) is 3.83. The predicted molar refractivity (Wildman–Crippen MR) is 99.9 cm³/mol.